The zero-order valence-corrected chi connectivity index (χ0v) is 14.4. The van der Waals surface area contributed by atoms with Crippen molar-refractivity contribution >= 4 is 16.8 Å². The van der Waals surface area contributed by atoms with Crippen molar-refractivity contribution in [2.24, 2.45) is 0 Å². The molecule has 6 nitrogen and oxygen atoms in total. The molecule has 2 heterocycles. The van der Waals surface area contributed by atoms with Crippen LogP contribution in [0.25, 0.3) is 10.9 Å². The normalized spacial score (nSPS) is 11.1. The fourth-order valence-corrected chi connectivity index (χ4v) is 2.96. The van der Waals surface area contributed by atoms with E-state index in [0.717, 1.165) is 28.0 Å². The minimum atomic E-state index is 0.0359. The maximum Gasteiger partial charge on any atom is 0.221 e. The van der Waals surface area contributed by atoms with Crippen LogP contribution in [0, 0.1) is 20.8 Å². The van der Waals surface area contributed by atoms with Crippen molar-refractivity contribution in [3.63, 3.8) is 0 Å². The molecule has 126 valence electrons. The number of benzene rings is 1. The zero-order chi connectivity index (χ0) is 17.1. The lowest BCUT2D eigenvalue weighted by atomic mass is 10.2. The Morgan fingerprint density at radius 2 is 1.88 bits per heavy atom. The van der Waals surface area contributed by atoms with Gasteiger partial charge in [-0.1, -0.05) is 18.2 Å². The molecule has 0 fully saturated rings. The second-order valence-corrected chi connectivity index (χ2v) is 6.08. The second kappa shape index (κ2) is 6.86. The number of hydrogen-bond acceptors (Lipinski definition) is 3. The fraction of sp³-hybridized carbons (Fsp3) is 0.389. The minimum absolute atomic E-state index is 0.0359. The maximum absolute atomic E-state index is 12.1. The Hall–Kier alpha value is -2.63. The molecule has 0 aliphatic rings. The van der Waals surface area contributed by atoms with Crippen molar-refractivity contribution in [1.82, 2.24) is 24.9 Å². The number of nitrogens with one attached hydrogen (secondary N) is 1. The average molecular weight is 325 g/mol. The Labute approximate surface area is 141 Å². The third kappa shape index (κ3) is 3.48. The van der Waals surface area contributed by atoms with Crippen LogP contribution in [0.2, 0.25) is 0 Å². The highest BCUT2D eigenvalue weighted by molar-refractivity contribution is 5.82. The van der Waals surface area contributed by atoms with Crippen LogP contribution in [0.4, 0.5) is 0 Å². The van der Waals surface area contributed by atoms with Crippen LogP contribution < -0.4 is 5.32 Å². The first-order valence-corrected chi connectivity index (χ1v) is 8.24. The molecule has 0 atom stereocenters. The van der Waals surface area contributed by atoms with Gasteiger partial charge in [-0.3, -0.25) is 14.2 Å². The summed E-state index contributed by atoms with van der Waals surface area (Å²) in [6.45, 7) is 7.84. The molecule has 1 N–H and O–H groups in total. The summed E-state index contributed by atoms with van der Waals surface area (Å²) < 4.78 is 3.82. The van der Waals surface area contributed by atoms with Gasteiger partial charge in [0.05, 0.1) is 30.0 Å². The molecule has 6 heteroatoms. The first kappa shape index (κ1) is 16.2. The molecule has 1 aromatic carbocycles. The summed E-state index contributed by atoms with van der Waals surface area (Å²) in [6.07, 6.45) is 0.419. The molecule has 3 rings (SSSR count). The van der Waals surface area contributed by atoms with Gasteiger partial charge in [-0.25, -0.2) is 0 Å². The number of hydrogen-bond donors (Lipinski definition) is 1. The SMILES string of the molecule is Cc1cc(C)n(CCNC(=O)CCn2nc(C)c3ccccc32)n1. The number of amides is 1. The van der Waals surface area contributed by atoms with E-state index in [1.165, 1.54) is 0 Å². The molecule has 0 radical (unpaired) electrons. The Bertz CT molecular complexity index is 862. The van der Waals surface area contributed by atoms with Gasteiger partial charge in [-0.2, -0.15) is 10.2 Å². The van der Waals surface area contributed by atoms with Crippen molar-refractivity contribution in [3.05, 3.63) is 47.4 Å². The Morgan fingerprint density at radius 3 is 2.62 bits per heavy atom. The van der Waals surface area contributed by atoms with Gasteiger partial charge in [0.15, 0.2) is 0 Å². The van der Waals surface area contributed by atoms with Crippen LogP contribution >= 0.6 is 0 Å². The number of fused-ring (bicyclic) bond motifs is 1. The van der Waals surface area contributed by atoms with Crippen molar-refractivity contribution < 1.29 is 4.79 Å². The largest absolute Gasteiger partial charge is 0.354 e. The monoisotopic (exact) mass is 325 g/mol. The van der Waals surface area contributed by atoms with E-state index in [9.17, 15) is 4.79 Å². The lowest BCUT2D eigenvalue weighted by Crippen LogP contribution is -2.28. The van der Waals surface area contributed by atoms with Gasteiger partial charge in [0.2, 0.25) is 5.91 Å². The van der Waals surface area contributed by atoms with Crippen molar-refractivity contribution in [2.45, 2.75) is 40.3 Å². The van der Waals surface area contributed by atoms with Gasteiger partial charge in [0, 0.05) is 24.0 Å². The summed E-state index contributed by atoms with van der Waals surface area (Å²) >= 11 is 0. The molecule has 0 aliphatic carbocycles. The smallest absolute Gasteiger partial charge is 0.221 e. The quantitative estimate of drug-likeness (QED) is 0.757. The first-order chi connectivity index (χ1) is 11.5. The van der Waals surface area contributed by atoms with Gasteiger partial charge in [0.1, 0.15) is 0 Å². The number of aryl methyl sites for hydroxylation is 4. The van der Waals surface area contributed by atoms with Gasteiger partial charge in [0.25, 0.3) is 0 Å². The molecule has 3 aromatic rings. The Balaban J connectivity index is 1.51. The summed E-state index contributed by atoms with van der Waals surface area (Å²) in [4.78, 5) is 12.1. The van der Waals surface area contributed by atoms with Gasteiger partial charge < -0.3 is 5.32 Å². The molecule has 24 heavy (non-hydrogen) atoms. The van der Waals surface area contributed by atoms with Gasteiger partial charge in [-0.05, 0) is 32.9 Å². The summed E-state index contributed by atoms with van der Waals surface area (Å²) in [6, 6.07) is 10.1. The van der Waals surface area contributed by atoms with Crippen LogP contribution in [0.3, 0.4) is 0 Å². The molecule has 0 unspecified atom stereocenters. The van der Waals surface area contributed by atoms with Crippen LogP contribution in [-0.2, 0) is 17.9 Å². The van der Waals surface area contributed by atoms with E-state index in [1.807, 2.05) is 54.4 Å². The number of para-hydroxylation sites is 1. The van der Waals surface area contributed by atoms with E-state index < -0.39 is 0 Å². The van der Waals surface area contributed by atoms with E-state index in [4.69, 9.17) is 0 Å². The number of carbonyl (C=O) groups excluding carboxylic acids is 1. The van der Waals surface area contributed by atoms with Crippen LogP contribution in [0.15, 0.2) is 30.3 Å². The third-order valence-corrected chi connectivity index (χ3v) is 4.14. The summed E-state index contributed by atoms with van der Waals surface area (Å²) in [5, 5.41) is 13.0. The Morgan fingerprint density at radius 1 is 1.08 bits per heavy atom. The fourth-order valence-electron chi connectivity index (χ4n) is 2.96. The molecule has 1 amide bonds. The van der Waals surface area contributed by atoms with E-state index in [-0.39, 0.29) is 5.91 Å². The molecular formula is C18H23N5O. The van der Waals surface area contributed by atoms with E-state index in [1.54, 1.807) is 0 Å². The number of rotatable bonds is 6. The van der Waals surface area contributed by atoms with Crippen LogP contribution in [0.1, 0.15) is 23.5 Å². The highest BCUT2D eigenvalue weighted by atomic mass is 16.1. The predicted molar refractivity (Wildman–Crippen MR) is 93.8 cm³/mol. The van der Waals surface area contributed by atoms with Crippen molar-refractivity contribution in [3.8, 4) is 0 Å². The highest BCUT2D eigenvalue weighted by Crippen LogP contribution is 2.17. The third-order valence-electron chi connectivity index (χ3n) is 4.14. The second-order valence-electron chi connectivity index (χ2n) is 6.08. The van der Waals surface area contributed by atoms with Crippen LogP contribution in [-0.4, -0.2) is 32.0 Å². The minimum Gasteiger partial charge on any atom is -0.354 e. The van der Waals surface area contributed by atoms with Crippen LogP contribution in [0.5, 0.6) is 0 Å². The standard InChI is InChI=1S/C18H23N5O/c1-13-12-14(2)22(20-13)11-9-19-18(24)8-10-23-17-7-5-4-6-16(17)15(3)21-23/h4-7,12H,8-11H2,1-3H3,(H,19,24). The van der Waals surface area contributed by atoms with Crippen molar-refractivity contribution in [1.29, 1.82) is 0 Å². The number of nitrogens with zero attached hydrogens (tertiary/aromatic N) is 4. The summed E-state index contributed by atoms with van der Waals surface area (Å²) in [5.41, 5.74) is 4.18. The predicted octanol–water partition coefficient (Wildman–Crippen LogP) is 2.36. The first-order valence-electron chi connectivity index (χ1n) is 8.24. The average Bonchev–Trinajstić information content (AvgIpc) is 3.05. The maximum atomic E-state index is 12.1. The summed E-state index contributed by atoms with van der Waals surface area (Å²) in [5.74, 6) is 0.0359. The van der Waals surface area contributed by atoms with E-state index in [0.29, 0.717) is 26.1 Å². The Kier molecular flexibility index (Phi) is 4.64. The lowest BCUT2D eigenvalue weighted by molar-refractivity contribution is -0.121. The topological polar surface area (TPSA) is 64.7 Å². The van der Waals surface area contributed by atoms with Gasteiger partial charge >= 0.3 is 0 Å². The molecule has 2 aromatic heterocycles. The number of aromatic nitrogens is 4. The summed E-state index contributed by atoms with van der Waals surface area (Å²) in [7, 11) is 0. The molecule has 0 saturated heterocycles. The molecule has 0 bridgehead atoms. The van der Waals surface area contributed by atoms with E-state index >= 15 is 0 Å². The highest BCUT2D eigenvalue weighted by Gasteiger charge is 2.08. The molecular weight excluding hydrogens is 302 g/mol. The van der Waals surface area contributed by atoms with Crippen molar-refractivity contribution in [2.75, 3.05) is 6.54 Å². The zero-order valence-electron chi connectivity index (χ0n) is 14.4. The molecule has 0 aliphatic heterocycles. The lowest BCUT2D eigenvalue weighted by Gasteiger charge is -2.07. The molecule has 0 spiro atoms. The van der Waals surface area contributed by atoms with E-state index in [2.05, 4.69) is 21.6 Å². The van der Waals surface area contributed by atoms with Gasteiger partial charge in [-0.15, -0.1) is 0 Å². The number of carbonyl (C=O) groups is 1. The molecule has 0 saturated carbocycles.